The van der Waals surface area contributed by atoms with Gasteiger partial charge in [0.1, 0.15) is 11.6 Å². The third-order valence-corrected chi connectivity index (χ3v) is 5.42. The maximum Gasteiger partial charge on any atom is 0.258 e. The first kappa shape index (κ1) is 20.0. The van der Waals surface area contributed by atoms with Gasteiger partial charge in [0.05, 0.1) is 18.7 Å². The standard InChI is InChI=1S/C22H21FN4O2S/c1-4-27-13(2)18(19(24-22(27)30)14-7-5-9-16(23)11-14)21-25-20(26-29-21)15-8-6-10-17(12-15)28-3/h5-12,19H,4H2,1-3H3,(H,24,30). The van der Waals surface area contributed by atoms with E-state index in [-0.39, 0.29) is 5.82 Å². The van der Waals surface area contributed by atoms with Crippen LogP contribution in [0.4, 0.5) is 4.39 Å². The fraction of sp³-hybridized carbons (Fsp3) is 0.227. The fourth-order valence-corrected chi connectivity index (χ4v) is 3.97. The number of nitrogens with one attached hydrogen (secondary N) is 1. The molecule has 0 radical (unpaired) electrons. The Morgan fingerprint density at radius 2 is 2.03 bits per heavy atom. The number of methoxy groups -OCH3 is 1. The van der Waals surface area contributed by atoms with Crippen molar-refractivity contribution in [1.82, 2.24) is 20.4 Å². The van der Waals surface area contributed by atoms with Crippen LogP contribution in [0.25, 0.3) is 17.0 Å². The van der Waals surface area contributed by atoms with E-state index in [4.69, 9.17) is 21.5 Å². The molecule has 0 fully saturated rings. The summed E-state index contributed by atoms with van der Waals surface area (Å²) in [5, 5.41) is 8.02. The Balaban J connectivity index is 1.81. The van der Waals surface area contributed by atoms with Crippen LogP contribution in [0.2, 0.25) is 0 Å². The Hall–Kier alpha value is -3.26. The van der Waals surface area contributed by atoms with Crippen LogP contribution in [0.15, 0.2) is 58.8 Å². The second kappa shape index (κ2) is 8.23. The number of nitrogens with zero attached hydrogens (tertiary/aromatic N) is 3. The third-order valence-electron chi connectivity index (χ3n) is 5.08. The van der Waals surface area contributed by atoms with Crippen LogP contribution in [0.5, 0.6) is 5.75 Å². The highest BCUT2D eigenvalue weighted by atomic mass is 32.1. The molecule has 3 aromatic rings. The van der Waals surface area contributed by atoms with Crippen LogP contribution in [0.3, 0.4) is 0 Å². The summed E-state index contributed by atoms with van der Waals surface area (Å²) < 4.78 is 24.9. The molecule has 1 aliphatic heterocycles. The first-order valence-electron chi connectivity index (χ1n) is 9.54. The number of allylic oxidation sites excluding steroid dienone is 1. The minimum absolute atomic E-state index is 0.322. The van der Waals surface area contributed by atoms with Gasteiger partial charge in [-0.1, -0.05) is 29.4 Å². The van der Waals surface area contributed by atoms with Crippen LogP contribution in [0.1, 0.15) is 31.3 Å². The predicted molar refractivity (Wildman–Crippen MR) is 116 cm³/mol. The number of ether oxygens (including phenoxy) is 1. The number of aromatic nitrogens is 2. The van der Waals surface area contributed by atoms with Crippen molar-refractivity contribution in [2.24, 2.45) is 0 Å². The first-order valence-corrected chi connectivity index (χ1v) is 9.95. The van der Waals surface area contributed by atoms with Crippen molar-refractivity contribution in [2.75, 3.05) is 13.7 Å². The van der Waals surface area contributed by atoms with Crippen molar-refractivity contribution in [3.8, 4) is 17.1 Å². The summed E-state index contributed by atoms with van der Waals surface area (Å²) in [6.07, 6.45) is 0. The zero-order valence-corrected chi connectivity index (χ0v) is 17.7. The van der Waals surface area contributed by atoms with Gasteiger partial charge in [0, 0.05) is 17.8 Å². The van der Waals surface area contributed by atoms with Crippen LogP contribution >= 0.6 is 12.2 Å². The van der Waals surface area contributed by atoms with E-state index >= 15 is 0 Å². The maximum absolute atomic E-state index is 13.9. The molecule has 1 atom stereocenters. The van der Waals surface area contributed by atoms with Gasteiger partial charge in [-0.2, -0.15) is 4.98 Å². The zero-order valence-electron chi connectivity index (χ0n) is 16.8. The Morgan fingerprint density at radius 3 is 2.77 bits per heavy atom. The topological polar surface area (TPSA) is 63.4 Å². The number of benzene rings is 2. The van der Waals surface area contributed by atoms with Crippen LogP contribution in [-0.2, 0) is 0 Å². The molecule has 30 heavy (non-hydrogen) atoms. The van der Waals surface area contributed by atoms with E-state index in [0.717, 1.165) is 22.4 Å². The van der Waals surface area contributed by atoms with Crippen LogP contribution in [0, 0.1) is 5.82 Å². The lowest BCUT2D eigenvalue weighted by Crippen LogP contribution is -2.45. The molecule has 2 heterocycles. The van der Waals surface area contributed by atoms with Crippen molar-refractivity contribution < 1.29 is 13.7 Å². The minimum atomic E-state index is -0.408. The lowest BCUT2D eigenvalue weighted by molar-refractivity contribution is 0.398. The molecule has 0 amide bonds. The van der Waals surface area contributed by atoms with E-state index in [1.807, 2.05) is 49.1 Å². The highest BCUT2D eigenvalue weighted by Gasteiger charge is 2.33. The smallest absolute Gasteiger partial charge is 0.258 e. The monoisotopic (exact) mass is 424 g/mol. The third kappa shape index (κ3) is 3.66. The Labute approximate surface area is 179 Å². The molecule has 8 heteroatoms. The van der Waals surface area contributed by atoms with Gasteiger partial charge in [0.15, 0.2) is 5.11 Å². The van der Waals surface area contributed by atoms with Gasteiger partial charge in [0.2, 0.25) is 5.82 Å². The molecule has 1 aliphatic rings. The van der Waals surface area contributed by atoms with Gasteiger partial charge < -0.3 is 19.5 Å². The number of hydrogen-bond acceptors (Lipinski definition) is 5. The summed E-state index contributed by atoms with van der Waals surface area (Å²) in [7, 11) is 1.61. The van der Waals surface area contributed by atoms with Crippen molar-refractivity contribution in [3.05, 3.63) is 71.5 Å². The van der Waals surface area contributed by atoms with E-state index in [1.165, 1.54) is 12.1 Å². The molecule has 0 spiro atoms. The van der Waals surface area contributed by atoms with Gasteiger partial charge in [-0.05, 0) is 55.9 Å². The highest BCUT2D eigenvalue weighted by Crippen LogP contribution is 2.37. The van der Waals surface area contributed by atoms with E-state index in [9.17, 15) is 4.39 Å². The molecular weight excluding hydrogens is 403 g/mol. The van der Waals surface area contributed by atoms with Crippen molar-refractivity contribution in [3.63, 3.8) is 0 Å². The quantitative estimate of drug-likeness (QED) is 0.602. The average molecular weight is 425 g/mol. The molecule has 154 valence electrons. The van der Waals surface area contributed by atoms with Crippen LogP contribution in [-0.4, -0.2) is 33.8 Å². The second-order valence-corrected chi connectivity index (χ2v) is 7.22. The first-order chi connectivity index (χ1) is 14.5. The van der Waals surface area contributed by atoms with Crippen molar-refractivity contribution in [1.29, 1.82) is 0 Å². The average Bonchev–Trinajstić information content (AvgIpc) is 3.23. The summed E-state index contributed by atoms with van der Waals surface area (Å²) in [4.78, 5) is 6.58. The molecule has 1 aromatic heterocycles. The van der Waals surface area contributed by atoms with Gasteiger partial charge >= 0.3 is 0 Å². The summed E-state index contributed by atoms with van der Waals surface area (Å²) in [5.74, 6) is 1.18. The van der Waals surface area contributed by atoms with Crippen molar-refractivity contribution >= 4 is 22.9 Å². The van der Waals surface area contributed by atoms with E-state index in [2.05, 4.69) is 15.5 Å². The Kier molecular flexibility index (Phi) is 5.50. The number of hydrogen-bond donors (Lipinski definition) is 1. The van der Waals surface area contributed by atoms with Crippen molar-refractivity contribution in [2.45, 2.75) is 19.9 Å². The van der Waals surface area contributed by atoms with E-state index < -0.39 is 6.04 Å². The molecule has 0 aliphatic carbocycles. The molecule has 6 nitrogen and oxygen atoms in total. The highest BCUT2D eigenvalue weighted by molar-refractivity contribution is 7.80. The molecule has 0 saturated heterocycles. The molecule has 0 bridgehead atoms. The zero-order chi connectivity index (χ0) is 21.3. The summed E-state index contributed by atoms with van der Waals surface area (Å²) in [6, 6.07) is 13.4. The fourth-order valence-electron chi connectivity index (χ4n) is 3.59. The molecule has 0 saturated carbocycles. The lowest BCUT2D eigenvalue weighted by Gasteiger charge is -2.36. The van der Waals surface area contributed by atoms with Gasteiger partial charge in [-0.3, -0.25) is 0 Å². The summed E-state index contributed by atoms with van der Waals surface area (Å²) in [5.41, 5.74) is 3.15. The molecule has 4 rings (SSSR count). The van der Waals surface area contributed by atoms with Gasteiger partial charge in [0.25, 0.3) is 5.89 Å². The largest absolute Gasteiger partial charge is 0.497 e. The molecule has 2 aromatic carbocycles. The Morgan fingerprint density at radius 1 is 1.23 bits per heavy atom. The molecule has 1 N–H and O–H groups in total. The predicted octanol–water partition coefficient (Wildman–Crippen LogP) is 4.57. The van der Waals surface area contributed by atoms with E-state index in [1.54, 1.807) is 13.2 Å². The number of halogens is 1. The summed E-state index contributed by atoms with van der Waals surface area (Å²) >= 11 is 5.53. The number of rotatable bonds is 5. The van der Waals surface area contributed by atoms with Gasteiger partial charge in [-0.25, -0.2) is 4.39 Å². The normalized spacial score (nSPS) is 16.6. The molecule has 1 unspecified atom stereocenters. The lowest BCUT2D eigenvalue weighted by atomic mass is 9.94. The molecular formula is C22H21FN4O2S. The SMILES string of the molecule is CCN1C(=S)NC(c2cccc(F)c2)C(c2nc(-c3cccc(OC)c3)no2)=C1C. The van der Waals surface area contributed by atoms with Gasteiger partial charge in [-0.15, -0.1) is 0 Å². The maximum atomic E-state index is 13.9. The Bertz CT molecular complexity index is 1130. The second-order valence-electron chi connectivity index (χ2n) is 6.84. The minimum Gasteiger partial charge on any atom is -0.497 e. The summed E-state index contributed by atoms with van der Waals surface area (Å²) in [6.45, 7) is 4.63. The van der Waals surface area contributed by atoms with E-state index in [0.29, 0.717) is 29.1 Å². The number of thiocarbonyl (C=S) groups is 1. The van der Waals surface area contributed by atoms with Crippen LogP contribution < -0.4 is 10.1 Å².